The SMILES string of the molecule is CC(C)C1CCN(c2ccc([C@H](C)N)cc2Cl)C1. The van der Waals surface area contributed by atoms with Crippen LogP contribution in [0.5, 0.6) is 0 Å². The van der Waals surface area contributed by atoms with Gasteiger partial charge in [-0.05, 0) is 42.9 Å². The first-order valence-corrected chi connectivity index (χ1v) is 7.16. The van der Waals surface area contributed by atoms with Crippen molar-refractivity contribution in [2.45, 2.75) is 33.2 Å². The molecule has 0 bridgehead atoms. The van der Waals surface area contributed by atoms with Crippen LogP contribution in [-0.2, 0) is 0 Å². The molecule has 0 spiro atoms. The van der Waals surface area contributed by atoms with Crippen LogP contribution in [-0.4, -0.2) is 13.1 Å². The van der Waals surface area contributed by atoms with Crippen molar-refractivity contribution in [3.05, 3.63) is 28.8 Å². The Morgan fingerprint density at radius 2 is 2.06 bits per heavy atom. The summed E-state index contributed by atoms with van der Waals surface area (Å²) in [5.74, 6) is 1.53. The van der Waals surface area contributed by atoms with Crippen LogP contribution in [0.25, 0.3) is 0 Å². The van der Waals surface area contributed by atoms with Gasteiger partial charge in [0.2, 0.25) is 0 Å². The molecule has 2 N–H and O–H groups in total. The Morgan fingerprint density at radius 3 is 2.56 bits per heavy atom. The van der Waals surface area contributed by atoms with Crippen LogP contribution in [0.4, 0.5) is 5.69 Å². The van der Waals surface area contributed by atoms with Gasteiger partial charge in [0, 0.05) is 19.1 Å². The Kier molecular flexibility index (Phi) is 4.18. The minimum atomic E-state index is 0.0403. The van der Waals surface area contributed by atoms with Crippen molar-refractivity contribution in [2.75, 3.05) is 18.0 Å². The molecule has 1 unspecified atom stereocenters. The number of hydrogen-bond acceptors (Lipinski definition) is 2. The molecule has 2 nitrogen and oxygen atoms in total. The monoisotopic (exact) mass is 266 g/mol. The molecule has 0 amide bonds. The zero-order valence-corrected chi connectivity index (χ0v) is 12.2. The summed E-state index contributed by atoms with van der Waals surface area (Å²) in [4.78, 5) is 2.40. The van der Waals surface area contributed by atoms with E-state index in [1.807, 2.05) is 13.0 Å². The van der Waals surface area contributed by atoms with Crippen LogP contribution in [0.2, 0.25) is 5.02 Å². The van der Waals surface area contributed by atoms with Gasteiger partial charge in [-0.2, -0.15) is 0 Å². The van der Waals surface area contributed by atoms with Crippen molar-refractivity contribution >= 4 is 17.3 Å². The molecular weight excluding hydrogens is 244 g/mol. The fourth-order valence-corrected chi connectivity index (χ4v) is 2.92. The molecule has 0 saturated carbocycles. The van der Waals surface area contributed by atoms with E-state index in [9.17, 15) is 0 Å². The van der Waals surface area contributed by atoms with Gasteiger partial charge in [-0.25, -0.2) is 0 Å². The smallest absolute Gasteiger partial charge is 0.0642 e. The number of benzene rings is 1. The third kappa shape index (κ3) is 2.81. The van der Waals surface area contributed by atoms with Crippen molar-refractivity contribution in [3.8, 4) is 0 Å². The number of halogens is 1. The first-order chi connectivity index (χ1) is 8.49. The second-order valence-corrected chi connectivity index (χ2v) is 6.15. The molecular formula is C15H23ClN2. The van der Waals surface area contributed by atoms with Gasteiger partial charge in [0.15, 0.2) is 0 Å². The van der Waals surface area contributed by atoms with Crippen molar-refractivity contribution < 1.29 is 0 Å². The van der Waals surface area contributed by atoms with E-state index in [1.165, 1.54) is 6.42 Å². The summed E-state index contributed by atoms with van der Waals surface area (Å²) in [6, 6.07) is 6.25. The zero-order valence-electron chi connectivity index (χ0n) is 11.5. The van der Waals surface area contributed by atoms with Crippen LogP contribution in [0.3, 0.4) is 0 Å². The maximum Gasteiger partial charge on any atom is 0.0642 e. The average molecular weight is 267 g/mol. The lowest BCUT2D eigenvalue weighted by Gasteiger charge is -2.22. The largest absolute Gasteiger partial charge is 0.370 e. The minimum Gasteiger partial charge on any atom is -0.370 e. The third-order valence-corrected chi connectivity index (χ3v) is 4.31. The van der Waals surface area contributed by atoms with E-state index in [1.54, 1.807) is 0 Å². The van der Waals surface area contributed by atoms with Crippen molar-refractivity contribution in [1.82, 2.24) is 0 Å². The molecule has 3 heteroatoms. The molecule has 0 radical (unpaired) electrons. The molecule has 1 aliphatic heterocycles. The lowest BCUT2D eigenvalue weighted by Crippen LogP contribution is -2.21. The zero-order chi connectivity index (χ0) is 13.3. The highest BCUT2D eigenvalue weighted by molar-refractivity contribution is 6.33. The highest BCUT2D eigenvalue weighted by atomic mass is 35.5. The predicted octanol–water partition coefficient (Wildman–Crippen LogP) is 3.84. The van der Waals surface area contributed by atoms with Crippen LogP contribution < -0.4 is 10.6 Å². The summed E-state index contributed by atoms with van der Waals surface area (Å²) < 4.78 is 0. The van der Waals surface area contributed by atoms with Gasteiger partial charge in [0.05, 0.1) is 10.7 Å². The predicted molar refractivity (Wildman–Crippen MR) is 79.2 cm³/mol. The van der Waals surface area contributed by atoms with Gasteiger partial charge in [0.1, 0.15) is 0 Å². The molecule has 1 aliphatic rings. The summed E-state index contributed by atoms with van der Waals surface area (Å²) >= 11 is 6.38. The van der Waals surface area contributed by atoms with Crippen LogP contribution >= 0.6 is 11.6 Å². The van der Waals surface area contributed by atoms with E-state index in [-0.39, 0.29) is 6.04 Å². The van der Waals surface area contributed by atoms with Crippen LogP contribution in [0.1, 0.15) is 38.8 Å². The number of rotatable bonds is 3. The molecule has 0 aliphatic carbocycles. The van der Waals surface area contributed by atoms with Crippen molar-refractivity contribution in [1.29, 1.82) is 0 Å². The minimum absolute atomic E-state index is 0.0403. The van der Waals surface area contributed by atoms with Crippen LogP contribution in [0.15, 0.2) is 18.2 Å². The van der Waals surface area contributed by atoms with E-state index in [4.69, 9.17) is 17.3 Å². The van der Waals surface area contributed by atoms with Crippen molar-refractivity contribution in [3.63, 3.8) is 0 Å². The Labute approximate surface area is 115 Å². The molecule has 2 atom stereocenters. The normalized spacial score (nSPS) is 21.7. The van der Waals surface area contributed by atoms with E-state index in [2.05, 4.69) is 30.9 Å². The van der Waals surface area contributed by atoms with Gasteiger partial charge < -0.3 is 10.6 Å². The Hall–Kier alpha value is -0.730. The summed E-state index contributed by atoms with van der Waals surface area (Å²) in [5, 5.41) is 0.828. The molecule has 1 fully saturated rings. The molecule has 18 heavy (non-hydrogen) atoms. The average Bonchev–Trinajstić information content (AvgIpc) is 2.78. The van der Waals surface area contributed by atoms with Gasteiger partial charge >= 0.3 is 0 Å². The molecule has 1 saturated heterocycles. The number of nitrogens with two attached hydrogens (primary N) is 1. The Balaban J connectivity index is 2.15. The summed E-state index contributed by atoms with van der Waals surface area (Å²) in [5.41, 5.74) is 8.13. The molecule has 100 valence electrons. The lowest BCUT2D eigenvalue weighted by molar-refractivity contribution is 0.423. The molecule has 1 aromatic carbocycles. The summed E-state index contributed by atoms with van der Waals surface area (Å²) in [7, 11) is 0. The number of anilines is 1. The molecule has 2 rings (SSSR count). The first-order valence-electron chi connectivity index (χ1n) is 6.79. The number of nitrogens with zero attached hydrogens (tertiary/aromatic N) is 1. The first kappa shape index (κ1) is 13.7. The second kappa shape index (κ2) is 5.50. The fourth-order valence-electron chi connectivity index (χ4n) is 2.61. The topological polar surface area (TPSA) is 29.3 Å². The molecule has 0 aromatic heterocycles. The summed E-state index contributed by atoms with van der Waals surface area (Å²) in [6.45, 7) is 8.81. The van der Waals surface area contributed by atoms with E-state index in [0.29, 0.717) is 0 Å². The van der Waals surface area contributed by atoms with E-state index >= 15 is 0 Å². The van der Waals surface area contributed by atoms with Gasteiger partial charge in [0.25, 0.3) is 0 Å². The highest BCUT2D eigenvalue weighted by Crippen LogP contribution is 2.34. The van der Waals surface area contributed by atoms with Crippen LogP contribution in [0, 0.1) is 11.8 Å². The molecule has 1 aromatic rings. The second-order valence-electron chi connectivity index (χ2n) is 5.74. The maximum absolute atomic E-state index is 6.38. The van der Waals surface area contributed by atoms with E-state index in [0.717, 1.165) is 41.2 Å². The molecule has 1 heterocycles. The fraction of sp³-hybridized carbons (Fsp3) is 0.600. The highest BCUT2D eigenvalue weighted by Gasteiger charge is 2.26. The van der Waals surface area contributed by atoms with Gasteiger partial charge in [-0.1, -0.05) is 31.5 Å². The van der Waals surface area contributed by atoms with Crippen molar-refractivity contribution in [2.24, 2.45) is 17.6 Å². The van der Waals surface area contributed by atoms with E-state index < -0.39 is 0 Å². The quantitative estimate of drug-likeness (QED) is 0.901. The van der Waals surface area contributed by atoms with Gasteiger partial charge in [-0.15, -0.1) is 0 Å². The Bertz CT molecular complexity index is 415. The summed E-state index contributed by atoms with van der Waals surface area (Å²) in [6.07, 6.45) is 1.27. The van der Waals surface area contributed by atoms with Gasteiger partial charge in [-0.3, -0.25) is 0 Å². The third-order valence-electron chi connectivity index (χ3n) is 4.01. The number of hydrogen-bond donors (Lipinski definition) is 1. The maximum atomic E-state index is 6.38. The lowest BCUT2D eigenvalue weighted by atomic mass is 9.95. The Morgan fingerprint density at radius 1 is 1.33 bits per heavy atom. The standard InChI is InChI=1S/C15H23ClN2/c1-10(2)13-6-7-18(9-13)15-5-4-12(11(3)17)8-14(15)16/h4-5,8,10-11,13H,6-7,9,17H2,1-3H3/t11-,13?/m0/s1.